The van der Waals surface area contributed by atoms with Crippen LogP contribution in [0.25, 0.3) is 10.8 Å². The van der Waals surface area contributed by atoms with Crippen molar-refractivity contribution in [3.05, 3.63) is 42.4 Å². The van der Waals surface area contributed by atoms with Gasteiger partial charge in [0.15, 0.2) is 5.69 Å². The summed E-state index contributed by atoms with van der Waals surface area (Å²) in [7, 11) is 0. The molecule has 3 rings (SSSR count). The lowest BCUT2D eigenvalue weighted by atomic mass is 10.1. The van der Waals surface area contributed by atoms with Gasteiger partial charge in [-0.25, -0.2) is 9.78 Å². The van der Waals surface area contributed by atoms with E-state index in [0.29, 0.717) is 18.1 Å². The number of hydrogen-bond acceptors (Lipinski definition) is 5. The van der Waals surface area contributed by atoms with Crippen LogP contribution in [0.2, 0.25) is 0 Å². The van der Waals surface area contributed by atoms with Gasteiger partial charge in [0.05, 0.1) is 11.9 Å². The molecule has 0 saturated heterocycles. The van der Waals surface area contributed by atoms with Gasteiger partial charge in [0.25, 0.3) is 5.91 Å². The number of nitrogens with one attached hydrogen (secondary N) is 4. The molecule has 0 aliphatic rings. The van der Waals surface area contributed by atoms with Gasteiger partial charge >= 0.3 is 6.03 Å². The monoisotopic (exact) mass is 325 g/mol. The highest BCUT2D eigenvalue weighted by Gasteiger charge is 2.11. The predicted octanol–water partition coefficient (Wildman–Crippen LogP) is 1.75. The lowest BCUT2D eigenvalue weighted by Gasteiger charge is -2.09. The van der Waals surface area contributed by atoms with E-state index < -0.39 is 0 Å². The number of aromatic amines is 1. The molecular weight excluding hydrogens is 310 g/mol. The van der Waals surface area contributed by atoms with Gasteiger partial charge in [-0.2, -0.15) is 15.4 Å². The molecule has 0 unspecified atom stereocenters. The number of rotatable bonds is 4. The SMILES string of the molecule is CCNC(=O)Nc1cc2cccc(NC(=O)c3cn[nH]n3)c2cn1. The van der Waals surface area contributed by atoms with Gasteiger partial charge in [-0.05, 0) is 24.4 Å². The number of anilines is 2. The van der Waals surface area contributed by atoms with Crippen molar-refractivity contribution in [2.75, 3.05) is 17.2 Å². The highest BCUT2D eigenvalue weighted by Crippen LogP contribution is 2.24. The number of carbonyl (C=O) groups is 2. The van der Waals surface area contributed by atoms with E-state index in [1.807, 2.05) is 13.0 Å². The average molecular weight is 325 g/mol. The van der Waals surface area contributed by atoms with E-state index in [4.69, 9.17) is 0 Å². The number of H-pyrrole nitrogens is 1. The van der Waals surface area contributed by atoms with Crippen LogP contribution in [-0.4, -0.2) is 38.9 Å². The maximum absolute atomic E-state index is 12.1. The first-order chi connectivity index (χ1) is 11.7. The van der Waals surface area contributed by atoms with Crippen molar-refractivity contribution in [3.63, 3.8) is 0 Å². The predicted molar refractivity (Wildman–Crippen MR) is 88.8 cm³/mol. The molecule has 0 saturated carbocycles. The van der Waals surface area contributed by atoms with Crippen LogP contribution in [0, 0.1) is 0 Å². The van der Waals surface area contributed by atoms with E-state index in [2.05, 4.69) is 36.3 Å². The van der Waals surface area contributed by atoms with Crippen molar-refractivity contribution in [1.82, 2.24) is 25.7 Å². The van der Waals surface area contributed by atoms with Gasteiger partial charge in [0.1, 0.15) is 5.82 Å². The quantitative estimate of drug-likeness (QED) is 0.581. The van der Waals surface area contributed by atoms with Crippen molar-refractivity contribution in [3.8, 4) is 0 Å². The van der Waals surface area contributed by atoms with Crippen LogP contribution in [0.3, 0.4) is 0 Å². The number of carbonyl (C=O) groups excluding carboxylic acids is 2. The first-order valence-electron chi connectivity index (χ1n) is 7.28. The van der Waals surface area contributed by atoms with E-state index in [0.717, 1.165) is 10.8 Å². The van der Waals surface area contributed by atoms with Gasteiger partial charge < -0.3 is 10.6 Å². The van der Waals surface area contributed by atoms with E-state index in [1.165, 1.54) is 6.20 Å². The van der Waals surface area contributed by atoms with E-state index in [9.17, 15) is 9.59 Å². The van der Waals surface area contributed by atoms with Gasteiger partial charge in [-0.1, -0.05) is 12.1 Å². The number of urea groups is 1. The number of pyridine rings is 1. The molecule has 0 atom stereocenters. The van der Waals surface area contributed by atoms with E-state index in [1.54, 1.807) is 24.4 Å². The second-order valence-corrected chi connectivity index (χ2v) is 4.89. The third-order valence-corrected chi connectivity index (χ3v) is 3.24. The first-order valence-corrected chi connectivity index (χ1v) is 7.28. The number of benzene rings is 1. The lowest BCUT2D eigenvalue weighted by molar-refractivity contribution is 0.102. The summed E-state index contributed by atoms with van der Waals surface area (Å²) in [6.07, 6.45) is 2.93. The fourth-order valence-electron chi connectivity index (χ4n) is 2.17. The third-order valence-electron chi connectivity index (χ3n) is 3.24. The Hall–Kier alpha value is -3.49. The van der Waals surface area contributed by atoms with Crippen LogP contribution in [0.1, 0.15) is 17.4 Å². The molecule has 4 N–H and O–H groups in total. The summed E-state index contributed by atoms with van der Waals surface area (Å²) in [5.41, 5.74) is 0.784. The van der Waals surface area contributed by atoms with Gasteiger partial charge in [-0.15, -0.1) is 0 Å². The maximum Gasteiger partial charge on any atom is 0.320 e. The summed E-state index contributed by atoms with van der Waals surface area (Å²) in [6.45, 7) is 2.36. The van der Waals surface area contributed by atoms with E-state index in [-0.39, 0.29) is 17.6 Å². The van der Waals surface area contributed by atoms with Crippen molar-refractivity contribution in [1.29, 1.82) is 0 Å². The van der Waals surface area contributed by atoms with Gasteiger partial charge in [-0.3, -0.25) is 10.1 Å². The molecule has 122 valence electrons. The Morgan fingerprint density at radius 3 is 2.83 bits per heavy atom. The molecule has 9 nitrogen and oxygen atoms in total. The summed E-state index contributed by atoms with van der Waals surface area (Å²) < 4.78 is 0. The Labute approximate surface area is 136 Å². The number of nitrogens with zero attached hydrogens (tertiary/aromatic N) is 3. The van der Waals surface area contributed by atoms with Crippen molar-refractivity contribution >= 4 is 34.2 Å². The number of fused-ring (bicyclic) bond motifs is 1. The third kappa shape index (κ3) is 3.29. The van der Waals surface area contributed by atoms with Crippen LogP contribution in [0.5, 0.6) is 0 Å². The van der Waals surface area contributed by atoms with E-state index >= 15 is 0 Å². The molecule has 24 heavy (non-hydrogen) atoms. The number of amides is 3. The highest BCUT2D eigenvalue weighted by molar-refractivity contribution is 6.08. The fourth-order valence-corrected chi connectivity index (χ4v) is 2.17. The van der Waals surface area contributed by atoms with Gasteiger partial charge in [0.2, 0.25) is 0 Å². The smallest absolute Gasteiger partial charge is 0.320 e. The normalized spacial score (nSPS) is 10.4. The molecule has 0 radical (unpaired) electrons. The van der Waals surface area contributed by atoms with Crippen molar-refractivity contribution in [2.24, 2.45) is 0 Å². The Morgan fingerprint density at radius 2 is 2.08 bits per heavy atom. The average Bonchev–Trinajstić information content (AvgIpc) is 3.09. The summed E-state index contributed by atoms with van der Waals surface area (Å²) in [5.74, 6) is 0.0502. The molecular formula is C15H15N7O2. The second kappa shape index (κ2) is 6.73. The van der Waals surface area contributed by atoms with Crippen LogP contribution in [0.4, 0.5) is 16.3 Å². The Kier molecular flexibility index (Phi) is 4.32. The van der Waals surface area contributed by atoms with Crippen LogP contribution in [-0.2, 0) is 0 Å². The van der Waals surface area contributed by atoms with Crippen molar-refractivity contribution in [2.45, 2.75) is 6.92 Å². The first kappa shape index (κ1) is 15.4. The summed E-state index contributed by atoms with van der Waals surface area (Å²) in [5, 5.41) is 19.4. The second-order valence-electron chi connectivity index (χ2n) is 4.89. The van der Waals surface area contributed by atoms with Gasteiger partial charge in [0, 0.05) is 18.1 Å². The zero-order valence-electron chi connectivity index (χ0n) is 12.8. The fraction of sp³-hybridized carbons (Fsp3) is 0.133. The molecule has 3 aromatic rings. The molecule has 9 heteroatoms. The topological polar surface area (TPSA) is 125 Å². The lowest BCUT2D eigenvalue weighted by Crippen LogP contribution is -2.28. The Morgan fingerprint density at radius 1 is 1.21 bits per heavy atom. The van der Waals surface area contributed by atoms with Crippen LogP contribution in [0.15, 0.2) is 36.7 Å². The van der Waals surface area contributed by atoms with Crippen LogP contribution >= 0.6 is 0 Å². The number of aromatic nitrogens is 4. The zero-order chi connectivity index (χ0) is 16.9. The molecule has 0 aliphatic carbocycles. The van der Waals surface area contributed by atoms with Crippen LogP contribution < -0.4 is 16.0 Å². The molecule has 0 bridgehead atoms. The standard InChI is InChI=1S/C15H15N7O2/c1-2-16-15(24)20-13-6-9-4-3-5-11(10(9)7-17-13)19-14(23)12-8-18-22-21-12/h3-8H,2H2,1H3,(H,19,23)(H,18,21,22)(H2,16,17,20,24). The highest BCUT2D eigenvalue weighted by atomic mass is 16.2. The Bertz CT molecular complexity index is 877. The zero-order valence-corrected chi connectivity index (χ0v) is 12.8. The maximum atomic E-state index is 12.1. The molecule has 0 fully saturated rings. The Balaban J connectivity index is 1.85. The minimum Gasteiger partial charge on any atom is -0.338 e. The summed E-state index contributed by atoms with van der Waals surface area (Å²) in [6, 6.07) is 6.84. The molecule has 0 spiro atoms. The molecule has 3 amide bonds. The molecule has 2 aromatic heterocycles. The van der Waals surface area contributed by atoms with Crippen molar-refractivity contribution < 1.29 is 9.59 Å². The minimum absolute atomic E-state index is 0.189. The summed E-state index contributed by atoms with van der Waals surface area (Å²) in [4.78, 5) is 27.8. The molecule has 2 heterocycles. The molecule has 0 aliphatic heterocycles. The largest absolute Gasteiger partial charge is 0.338 e. The number of hydrogen-bond donors (Lipinski definition) is 4. The molecule has 1 aromatic carbocycles. The minimum atomic E-state index is -0.374. The summed E-state index contributed by atoms with van der Waals surface area (Å²) >= 11 is 0.